The van der Waals surface area contributed by atoms with Crippen LogP contribution in [0.1, 0.15) is 89.0 Å². The lowest BCUT2D eigenvalue weighted by Gasteiger charge is -1.90. The summed E-state index contributed by atoms with van der Waals surface area (Å²) < 4.78 is 0. The van der Waals surface area contributed by atoms with Crippen LogP contribution in [-0.4, -0.2) is 0 Å². The quantitative estimate of drug-likeness (QED) is 0.423. The summed E-state index contributed by atoms with van der Waals surface area (Å²) in [6.07, 6.45) is 2.56. The van der Waals surface area contributed by atoms with Crippen molar-refractivity contribution in [1.82, 2.24) is 0 Å². The molecule has 0 heteroatoms. The lowest BCUT2D eigenvalue weighted by atomic mass is 10.2. The second kappa shape index (κ2) is 303. The molecule has 0 heterocycles. The van der Waals surface area contributed by atoms with Gasteiger partial charge in [-0.15, -0.1) is 39.5 Å². The average molecular weight is 291 g/mol. The fourth-order valence-electron chi connectivity index (χ4n) is 0. The molecule has 130 valence electrons. The molecule has 0 fully saturated rings. The first-order valence-electron chi connectivity index (χ1n) is 8.18. The van der Waals surface area contributed by atoms with E-state index >= 15 is 0 Å². The summed E-state index contributed by atoms with van der Waals surface area (Å²) in [5.74, 6) is 0.884. The minimum absolute atomic E-state index is 0.884. The Hall–Kier alpha value is -0.780. The van der Waals surface area contributed by atoms with E-state index < -0.39 is 0 Å². The molecule has 0 saturated heterocycles. The minimum Gasteiger partial charge on any atom is -0.106 e. The van der Waals surface area contributed by atoms with Crippen LogP contribution in [0.15, 0.2) is 39.5 Å². The van der Waals surface area contributed by atoms with Crippen LogP contribution in [0, 0.1) is 5.92 Å². The van der Waals surface area contributed by atoms with Gasteiger partial charge in [0, 0.05) is 0 Å². The zero-order valence-corrected chi connectivity index (χ0v) is 17.2. The van der Waals surface area contributed by atoms with Crippen LogP contribution in [0.4, 0.5) is 0 Å². The van der Waals surface area contributed by atoms with Crippen LogP contribution in [0.5, 0.6) is 0 Å². The summed E-state index contributed by atoms with van der Waals surface area (Å²) in [6, 6.07) is 0. The van der Waals surface area contributed by atoms with Gasteiger partial charge in [0.05, 0.1) is 0 Å². The fourth-order valence-corrected chi connectivity index (χ4v) is 0. The number of hydrogen-bond donors (Lipinski definition) is 0. The maximum atomic E-state index is 3.00. The third-order valence-corrected chi connectivity index (χ3v) is 0.816. The Morgan fingerprint density at radius 1 is 0.550 bits per heavy atom. The lowest BCUT2D eigenvalue weighted by molar-refractivity contribution is 0.626. The Labute approximate surface area is 135 Å². The standard InChI is InChI=1S/C5H12.C3H8.3C2H6.3C2H4/c1-4-5(2)3;1-3-2;6*1-2/h5H,4H2,1-3H3;3H2,1-2H3;3*1-2H3;3*1-2H2. The Kier molecular flexibility index (Phi) is 769. The molecule has 0 aliphatic heterocycles. The number of rotatable bonds is 1. The van der Waals surface area contributed by atoms with E-state index in [0.717, 1.165) is 5.92 Å². The lowest BCUT2D eigenvalue weighted by Crippen LogP contribution is -1.77. The van der Waals surface area contributed by atoms with E-state index in [9.17, 15) is 0 Å². The summed E-state index contributed by atoms with van der Waals surface area (Å²) in [5.41, 5.74) is 0. The van der Waals surface area contributed by atoms with Crippen molar-refractivity contribution in [2.75, 3.05) is 0 Å². The van der Waals surface area contributed by atoms with Gasteiger partial charge in [0.15, 0.2) is 0 Å². The summed E-state index contributed by atoms with van der Waals surface area (Å²) in [4.78, 5) is 0. The zero-order valence-electron chi connectivity index (χ0n) is 17.2. The molecule has 0 nitrogen and oxygen atoms in total. The molecule has 0 rings (SSSR count). The Morgan fingerprint density at radius 2 is 0.600 bits per heavy atom. The van der Waals surface area contributed by atoms with Crippen molar-refractivity contribution in [2.24, 2.45) is 5.92 Å². The highest BCUT2D eigenvalue weighted by Gasteiger charge is 1.80. The highest BCUT2D eigenvalue weighted by molar-refractivity contribution is 4.32. The van der Waals surface area contributed by atoms with Crippen molar-refractivity contribution < 1.29 is 0 Å². The first-order valence-corrected chi connectivity index (χ1v) is 8.18. The summed E-state index contributed by atoms with van der Waals surface area (Å²) in [6.45, 7) is 40.9. The topological polar surface area (TPSA) is 0 Å². The molecule has 0 aliphatic carbocycles. The monoisotopic (exact) mass is 290 g/mol. The molecule has 0 amide bonds. The summed E-state index contributed by atoms with van der Waals surface area (Å²) in [7, 11) is 0. The molecule has 0 aromatic rings. The van der Waals surface area contributed by atoms with Crippen molar-refractivity contribution in [3.05, 3.63) is 39.5 Å². The normalized spacial score (nSPS) is 4.80. The largest absolute Gasteiger partial charge is 0.106 e. The molecular weight excluding hydrogens is 240 g/mol. The SMILES string of the molecule is C=C.C=C.C=C.CC.CC.CC.CCC.CCC(C)C. The van der Waals surface area contributed by atoms with Gasteiger partial charge in [-0.3, -0.25) is 0 Å². The van der Waals surface area contributed by atoms with E-state index in [1.165, 1.54) is 12.8 Å². The van der Waals surface area contributed by atoms with E-state index in [2.05, 4.69) is 74.1 Å². The van der Waals surface area contributed by atoms with Gasteiger partial charge >= 0.3 is 0 Å². The fraction of sp³-hybridized carbons (Fsp3) is 0.700. The first-order chi connectivity index (χ1) is 9.68. The molecule has 0 atom stereocenters. The highest BCUT2D eigenvalue weighted by Crippen LogP contribution is 1.93. The molecule has 0 aliphatic rings. The van der Waals surface area contributed by atoms with Crippen molar-refractivity contribution in [2.45, 2.75) is 89.0 Å². The average Bonchev–Trinajstić information content (AvgIpc) is 2.59. The van der Waals surface area contributed by atoms with Crippen LogP contribution in [0.2, 0.25) is 0 Å². The Bertz CT molecular complexity index is 41.2. The molecule has 0 saturated carbocycles. The molecule has 0 bridgehead atoms. The van der Waals surface area contributed by atoms with Gasteiger partial charge in [-0.05, 0) is 5.92 Å². The van der Waals surface area contributed by atoms with E-state index in [-0.39, 0.29) is 0 Å². The van der Waals surface area contributed by atoms with Gasteiger partial charge in [-0.1, -0.05) is 89.0 Å². The predicted molar refractivity (Wildman–Crippen MR) is 109 cm³/mol. The molecule has 0 N–H and O–H groups in total. The van der Waals surface area contributed by atoms with Crippen LogP contribution in [0.25, 0.3) is 0 Å². The third kappa shape index (κ3) is 3040. The molecule has 0 aromatic heterocycles. The zero-order chi connectivity index (χ0) is 19.0. The predicted octanol–water partition coefficient (Wildman–Crippen LogP) is 8.95. The van der Waals surface area contributed by atoms with Gasteiger partial charge in [0.2, 0.25) is 0 Å². The summed E-state index contributed by atoms with van der Waals surface area (Å²) in [5, 5.41) is 0. The Morgan fingerprint density at radius 3 is 0.600 bits per heavy atom. The van der Waals surface area contributed by atoms with E-state index in [1.54, 1.807) is 0 Å². The molecule has 0 spiro atoms. The van der Waals surface area contributed by atoms with Crippen molar-refractivity contribution in [1.29, 1.82) is 0 Å². The summed E-state index contributed by atoms with van der Waals surface area (Å²) >= 11 is 0. The van der Waals surface area contributed by atoms with Crippen LogP contribution < -0.4 is 0 Å². The van der Waals surface area contributed by atoms with Crippen molar-refractivity contribution in [3.8, 4) is 0 Å². The van der Waals surface area contributed by atoms with E-state index in [4.69, 9.17) is 0 Å². The maximum absolute atomic E-state index is 3.00. The van der Waals surface area contributed by atoms with Gasteiger partial charge in [0.1, 0.15) is 0 Å². The van der Waals surface area contributed by atoms with Gasteiger partial charge in [-0.25, -0.2) is 0 Å². The highest BCUT2D eigenvalue weighted by atomic mass is 13.9. The van der Waals surface area contributed by atoms with Crippen LogP contribution in [-0.2, 0) is 0 Å². The molecule has 20 heavy (non-hydrogen) atoms. The van der Waals surface area contributed by atoms with E-state index in [0.29, 0.717) is 0 Å². The first kappa shape index (κ1) is 50.7. The smallest absolute Gasteiger partial charge is 0.0474 e. The van der Waals surface area contributed by atoms with E-state index in [1.807, 2.05) is 41.5 Å². The molecule has 0 unspecified atom stereocenters. The Balaban J connectivity index is -0.0000000144. The van der Waals surface area contributed by atoms with Gasteiger partial charge < -0.3 is 0 Å². The van der Waals surface area contributed by atoms with Crippen molar-refractivity contribution in [3.63, 3.8) is 0 Å². The third-order valence-electron chi connectivity index (χ3n) is 0.816. The van der Waals surface area contributed by atoms with Crippen LogP contribution >= 0.6 is 0 Å². The minimum atomic E-state index is 0.884. The van der Waals surface area contributed by atoms with Gasteiger partial charge in [-0.2, -0.15) is 0 Å². The molecule has 0 aromatic carbocycles. The second-order valence-corrected chi connectivity index (χ2v) is 2.51. The van der Waals surface area contributed by atoms with Gasteiger partial charge in [0.25, 0.3) is 0 Å². The van der Waals surface area contributed by atoms with Crippen LogP contribution in [0.3, 0.4) is 0 Å². The maximum Gasteiger partial charge on any atom is -0.0474 e. The van der Waals surface area contributed by atoms with Crippen molar-refractivity contribution >= 4 is 0 Å². The second-order valence-electron chi connectivity index (χ2n) is 2.51. The molecule has 0 radical (unpaired) electrons. The molecular formula is C20H50. The number of hydrogen-bond acceptors (Lipinski definition) is 0.